The van der Waals surface area contributed by atoms with Crippen molar-refractivity contribution in [2.75, 3.05) is 0 Å². The molecule has 0 spiro atoms. The molecule has 0 aliphatic carbocycles. The highest BCUT2D eigenvalue weighted by molar-refractivity contribution is 7.80. The lowest BCUT2D eigenvalue weighted by atomic mass is 10.3. The van der Waals surface area contributed by atoms with Crippen LogP contribution in [0.5, 0.6) is 0 Å². The zero-order chi connectivity index (χ0) is 9.72. The van der Waals surface area contributed by atoms with Gasteiger partial charge in [0, 0.05) is 0 Å². The van der Waals surface area contributed by atoms with Gasteiger partial charge in [-0.15, -0.1) is 0 Å². The predicted octanol–water partition coefficient (Wildman–Crippen LogP) is -0.0784. The summed E-state index contributed by atoms with van der Waals surface area (Å²) in [5.41, 5.74) is 17.0. The highest BCUT2D eigenvalue weighted by Crippen LogP contribution is 2.03. The van der Waals surface area contributed by atoms with E-state index in [1.54, 1.807) is 4.90 Å². The van der Waals surface area contributed by atoms with Crippen LogP contribution in [0.15, 0.2) is 0 Å². The molecule has 0 aliphatic rings. The number of hydrogen-bond acceptors (Lipinski definition) is 3. The minimum Gasteiger partial charge on any atom is -0.376 e. The third-order valence-electron chi connectivity index (χ3n) is 1.81. The normalized spacial score (nSPS) is 15.3. The second-order valence-corrected chi connectivity index (χ2v) is 3.11. The summed E-state index contributed by atoms with van der Waals surface area (Å²) in [6.45, 7) is 3.94. The highest BCUT2D eigenvalue weighted by Gasteiger charge is 2.18. The molecule has 0 bridgehead atoms. The van der Waals surface area contributed by atoms with Crippen LogP contribution in [-0.2, 0) is 0 Å². The average molecular weight is 190 g/mol. The molecule has 0 radical (unpaired) electrons. The van der Waals surface area contributed by atoms with Gasteiger partial charge in [0.15, 0.2) is 5.11 Å². The molecule has 0 amide bonds. The lowest BCUT2D eigenvalue weighted by molar-refractivity contribution is 0.233. The quantitative estimate of drug-likeness (QED) is 0.427. The van der Waals surface area contributed by atoms with E-state index < -0.39 is 0 Å². The second kappa shape index (κ2) is 5.29. The van der Waals surface area contributed by atoms with Crippen LogP contribution in [0.1, 0.15) is 26.7 Å². The van der Waals surface area contributed by atoms with E-state index in [9.17, 15) is 0 Å². The third kappa shape index (κ3) is 2.92. The monoisotopic (exact) mass is 190 g/mol. The number of thiocarbonyl (C=S) groups is 1. The summed E-state index contributed by atoms with van der Waals surface area (Å²) in [6, 6.07) is 0. The fraction of sp³-hybridized carbons (Fsp3) is 0.857. The molecule has 0 aromatic carbocycles. The van der Waals surface area contributed by atoms with Gasteiger partial charge in [-0.25, -0.2) is 0 Å². The van der Waals surface area contributed by atoms with E-state index in [0.29, 0.717) is 0 Å². The van der Waals surface area contributed by atoms with Crippen molar-refractivity contribution in [1.82, 2.24) is 4.90 Å². The molecule has 12 heavy (non-hydrogen) atoms. The summed E-state index contributed by atoms with van der Waals surface area (Å²) in [4.78, 5) is 1.68. The van der Waals surface area contributed by atoms with Crippen molar-refractivity contribution in [3.8, 4) is 0 Å². The molecule has 6 N–H and O–H groups in total. The van der Waals surface area contributed by atoms with Gasteiger partial charge < -0.3 is 22.1 Å². The van der Waals surface area contributed by atoms with E-state index >= 15 is 0 Å². The van der Waals surface area contributed by atoms with Crippen LogP contribution in [0.2, 0.25) is 0 Å². The first kappa shape index (κ1) is 11.6. The van der Waals surface area contributed by atoms with Crippen molar-refractivity contribution in [2.45, 2.75) is 39.0 Å². The van der Waals surface area contributed by atoms with Crippen LogP contribution in [0.4, 0.5) is 0 Å². The van der Waals surface area contributed by atoms with E-state index in [1.165, 1.54) is 0 Å². The van der Waals surface area contributed by atoms with Crippen molar-refractivity contribution >= 4 is 17.3 Å². The van der Waals surface area contributed by atoms with Gasteiger partial charge in [-0.3, -0.25) is 0 Å². The molecule has 2 unspecified atom stereocenters. The van der Waals surface area contributed by atoms with Crippen molar-refractivity contribution in [3.63, 3.8) is 0 Å². The van der Waals surface area contributed by atoms with Gasteiger partial charge in [0.2, 0.25) is 0 Å². The lowest BCUT2D eigenvalue weighted by Gasteiger charge is -2.33. The van der Waals surface area contributed by atoms with Gasteiger partial charge in [0.1, 0.15) is 0 Å². The number of hydrogen-bond donors (Lipinski definition) is 3. The average Bonchev–Trinajstić information content (AvgIpc) is 2.03. The molecule has 0 aromatic heterocycles. The van der Waals surface area contributed by atoms with Crippen molar-refractivity contribution in [2.24, 2.45) is 17.2 Å². The van der Waals surface area contributed by atoms with E-state index in [4.69, 9.17) is 29.4 Å². The van der Waals surface area contributed by atoms with Crippen molar-refractivity contribution in [1.29, 1.82) is 0 Å². The summed E-state index contributed by atoms with van der Waals surface area (Å²) in [6.07, 6.45) is 1.23. The Kier molecular flexibility index (Phi) is 5.12. The fourth-order valence-electron chi connectivity index (χ4n) is 0.966. The minimum absolute atomic E-state index is 0.169. The van der Waals surface area contributed by atoms with Crippen LogP contribution in [0, 0.1) is 0 Å². The Balaban J connectivity index is 4.32. The first-order chi connectivity index (χ1) is 5.54. The Labute approximate surface area is 79.1 Å². The van der Waals surface area contributed by atoms with Gasteiger partial charge in [0.25, 0.3) is 0 Å². The Morgan fingerprint density at radius 2 is 1.58 bits per heavy atom. The largest absolute Gasteiger partial charge is 0.376 e. The van der Waals surface area contributed by atoms with Crippen molar-refractivity contribution < 1.29 is 0 Å². The molecule has 2 atom stereocenters. The van der Waals surface area contributed by atoms with Gasteiger partial charge >= 0.3 is 0 Å². The fourth-order valence-corrected chi connectivity index (χ4v) is 1.24. The summed E-state index contributed by atoms with van der Waals surface area (Å²) in [5.74, 6) is 0. The molecule has 0 fully saturated rings. The number of rotatable bonds is 4. The zero-order valence-corrected chi connectivity index (χ0v) is 8.47. The van der Waals surface area contributed by atoms with Crippen LogP contribution < -0.4 is 17.2 Å². The van der Waals surface area contributed by atoms with E-state index in [0.717, 1.165) is 12.8 Å². The molecule has 5 heteroatoms. The summed E-state index contributed by atoms with van der Waals surface area (Å²) in [5, 5.41) is 0.277. The molecule has 0 aromatic rings. The topological polar surface area (TPSA) is 81.3 Å². The van der Waals surface area contributed by atoms with Gasteiger partial charge in [-0.05, 0) is 25.1 Å². The van der Waals surface area contributed by atoms with Crippen LogP contribution in [0.3, 0.4) is 0 Å². The molecular weight excluding hydrogens is 172 g/mol. The van der Waals surface area contributed by atoms with Crippen LogP contribution >= 0.6 is 12.2 Å². The van der Waals surface area contributed by atoms with E-state index in [-0.39, 0.29) is 17.4 Å². The van der Waals surface area contributed by atoms with Crippen LogP contribution in [-0.4, -0.2) is 22.3 Å². The van der Waals surface area contributed by atoms with E-state index in [1.807, 2.05) is 13.8 Å². The second-order valence-electron chi connectivity index (χ2n) is 2.70. The van der Waals surface area contributed by atoms with Crippen molar-refractivity contribution in [3.05, 3.63) is 0 Å². The summed E-state index contributed by atoms with van der Waals surface area (Å²) < 4.78 is 0. The standard InChI is InChI=1S/C7H18N4S/c1-3-5(8)11(7(10)12)6(9)4-2/h5-6H,3-4,8-9H2,1-2H3,(H2,10,12). The van der Waals surface area contributed by atoms with Gasteiger partial charge in [0.05, 0.1) is 12.3 Å². The Morgan fingerprint density at radius 1 is 1.25 bits per heavy atom. The predicted molar refractivity (Wildman–Crippen MR) is 55.2 cm³/mol. The molecule has 0 heterocycles. The lowest BCUT2D eigenvalue weighted by Crippen LogP contribution is -2.56. The SMILES string of the molecule is CCC(N)N(C(N)=S)C(N)CC. The first-order valence-corrected chi connectivity index (χ1v) is 4.54. The minimum atomic E-state index is -0.169. The Morgan fingerprint density at radius 3 is 1.75 bits per heavy atom. The maximum absolute atomic E-state index is 5.77. The zero-order valence-electron chi connectivity index (χ0n) is 7.66. The number of nitrogens with two attached hydrogens (primary N) is 3. The molecule has 0 saturated carbocycles. The molecule has 0 saturated heterocycles. The third-order valence-corrected chi connectivity index (χ3v) is 2.02. The van der Waals surface area contributed by atoms with Crippen LogP contribution in [0.25, 0.3) is 0 Å². The Hall–Kier alpha value is -0.390. The molecule has 0 rings (SSSR count). The maximum Gasteiger partial charge on any atom is 0.168 e. The summed E-state index contributed by atoms with van der Waals surface area (Å²) in [7, 11) is 0. The highest BCUT2D eigenvalue weighted by atomic mass is 32.1. The molecule has 72 valence electrons. The number of nitrogens with zero attached hydrogens (tertiary/aromatic N) is 1. The Bertz CT molecular complexity index is 140. The maximum atomic E-state index is 5.77. The smallest absolute Gasteiger partial charge is 0.168 e. The van der Waals surface area contributed by atoms with Gasteiger partial charge in [-0.1, -0.05) is 13.8 Å². The first-order valence-electron chi connectivity index (χ1n) is 4.13. The van der Waals surface area contributed by atoms with Gasteiger partial charge in [-0.2, -0.15) is 0 Å². The van der Waals surface area contributed by atoms with E-state index in [2.05, 4.69) is 0 Å². The molecule has 4 nitrogen and oxygen atoms in total. The molecule has 0 aliphatic heterocycles. The molecular formula is C7H18N4S. The summed E-state index contributed by atoms with van der Waals surface area (Å²) >= 11 is 4.85.